The van der Waals surface area contributed by atoms with Gasteiger partial charge in [0.15, 0.2) is 12.6 Å². The zero-order valence-corrected chi connectivity index (χ0v) is 28.5. The van der Waals surface area contributed by atoms with E-state index in [4.69, 9.17) is 33.2 Å². The van der Waals surface area contributed by atoms with Crippen LogP contribution in [0, 0.1) is 5.92 Å². The molecule has 12 nitrogen and oxygen atoms in total. The number of nitrogens with one attached hydrogen (secondary N) is 2. The number of hydrogen-bond acceptors (Lipinski definition) is 11. The van der Waals surface area contributed by atoms with E-state index in [9.17, 15) is 9.59 Å². The summed E-state index contributed by atoms with van der Waals surface area (Å²) in [5.74, 6) is -0.626. The summed E-state index contributed by atoms with van der Waals surface area (Å²) in [7, 11) is 1.50. The minimum atomic E-state index is -0.925. The Labute approximate surface area is 286 Å². The van der Waals surface area contributed by atoms with Gasteiger partial charge in [0.1, 0.15) is 47.8 Å². The van der Waals surface area contributed by atoms with E-state index in [2.05, 4.69) is 15.3 Å². The Morgan fingerprint density at radius 3 is 2.67 bits per heavy atom. The van der Waals surface area contributed by atoms with Crippen LogP contribution in [0.4, 0.5) is 0 Å². The van der Waals surface area contributed by atoms with Crippen molar-refractivity contribution in [1.29, 1.82) is 0 Å². The Hall–Kier alpha value is -4.49. The van der Waals surface area contributed by atoms with Gasteiger partial charge >= 0.3 is 11.9 Å². The predicted octanol–water partition coefficient (Wildman–Crippen LogP) is 5.46. The second-order valence-corrected chi connectivity index (χ2v) is 12.4. The third-order valence-corrected chi connectivity index (χ3v) is 8.14. The van der Waals surface area contributed by atoms with E-state index in [0.717, 1.165) is 5.82 Å². The first kappa shape index (κ1) is 35.8. The van der Waals surface area contributed by atoms with Gasteiger partial charge in [0.05, 0.1) is 18.2 Å². The number of carbonyl (C=O) groups is 2. The first-order valence-corrected chi connectivity index (χ1v) is 16.4. The number of hydrogen-bond donors (Lipinski definition) is 2. The summed E-state index contributed by atoms with van der Waals surface area (Å²) < 4.78 is 41.8. The van der Waals surface area contributed by atoms with Crippen LogP contribution in [0.15, 0.2) is 73.1 Å². The van der Waals surface area contributed by atoms with Crippen LogP contribution < -0.4 is 14.8 Å². The average molecular weight is 676 g/mol. The smallest absolute Gasteiger partial charge is 0.342 e. The quantitative estimate of drug-likeness (QED) is 0.116. The standard InChI is InChI=1S/C37H45N3O9/c1-24-14-15-29(47-35(41)26-10-7-6-8-11-26)34-30(48-37(3,4)49-34)13-9-12-27-20-28(44-19-18-38-22-32-39-16-17-40-32)21-31(45-23-43-5)33(27)36(42)46-25(24)2/h6-12,14-17,20-21,24-25,29-30,34,38H,13,18-19,22-23H2,1-5H3,(H,39,40)/b12-9?,15-14-/t24-,25+,29?,30?,34?/m1/s1. The van der Waals surface area contributed by atoms with E-state index in [0.29, 0.717) is 43.0 Å². The summed E-state index contributed by atoms with van der Waals surface area (Å²) in [6, 6.07) is 12.2. The molecule has 2 N–H and O–H groups in total. The minimum absolute atomic E-state index is 0.0839. The van der Waals surface area contributed by atoms with Gasteiger partial charge in [-0.15, -0.1) is 0 Å². The second-order valence-electron chi connectivity index (χ2n) is 12.4. The van der Waals surface area contributed by atoms with Crippen LogP contribution in [0.3, 0.4) is 0 Å². The molecule has 0 bridgehead atoms. The van der Waals surface area contributed by atoms with E-state index in [-0.39, 0.29) is 24.0 Å². The Kier molecular flexibility index (Phi) is 12.2. The Bertz CT molecular complexity index is 1590. The second kappa shape index (κ2) is 16.8. The van der Waals surface area contributed by atoms with Crippen LogP contribution in [0.1, 0.15) is 66.2 Å². The number of methoxy groups -OCH3 is 1. The van der Waals surface area contributed by atoms with Crippen LogP contribution >= 0.6 is 0 Å². The monoisotopic (exact) mass is 675 g/mol. The number of aromatic amines is 1. The van der Waals surface area contributed by atoms with Gasteiger partial charge in [-0.05, 0) is 57.0 Å². The molecular weight excluding hydrogens is 630 g/mol. The Morgan fingerprint density at radius 1 is 1.10 bits per heavy atom. The number of fused-ring (bicyclic) bond motifs is 2. The highest BCUT2D eigenvalue weighted by atomic mass is 16.8. The molecule has 12 heteroatoms. The van der Waals surface area contributed by atoms with Crippen molar-refractivity contribution in [3.63, 3.8) is 0 Å². The zero-order valence-electron chi connectivity index (χ0n) is 28.5. The molecule has 1 fully saturated rings. The van der Waals surface area contributed by atoms with Crippen molar-refractivity contribution in [2.24, 2.45) is 5.92 Å². The average Bonchev–Trinajstić information content (AvgIpc) is 3.71. The molecule has 0 spiro atoms. The maximum Gasteiger partial charge on any atom is 0.342 e. The lowest BCUT2D eigenvalue weighted by Crippen LogP contribution is -2.37. The van der Waals surface area contributed by atoms with Crippen molar-refractivity contribution in [2.75, 3.05) is 27.1 Å². The number of nitrogens with zero attached hydrogens (tertiary/aromatic N) is 1. The van der Waals surface area contributed by atoms with Crippen molar-refractivity contribution in [3.8, 4) is 11.5 Å². The lowest BCUT2D eigenvalue weighted by atomic mass is 9.98. The third-order valence-electron chi connectivity index (χ3n) is 8.14. The molecule has 1 aromatic heterocycles. The number of H-pyrrole nitrogens is 1. The number of cyclic esters (lactones) is 1. The van der Waals surface area contributed by atoms with Crippen molar-refractivity contribution in [3.05, 3.63) is 95.6 Å². The number of imidazole rings is 1. The fraction of sp³-hybridized carbons (Fsp3) is 0.432. The lowest BCUT2D eigenvalue weighted by Gasteiger charge is -2.25. The normalized spacial score (nSPS) is 24.2. The van der Waals surface area contributed by atoms with Crippen LogP contribution in [0.25, 0.3) is 6.08 Å². The molecule has 3 aromatic rings. The molecule has 3 heterocycles. The molecule has 1 saturated heterocycles. The maximum atomic E-state index is 13.8. The highest BCUT2D eigenvalue weighted by molar-refractivity contribution is 5.97. The molecular formula is C37H45N3O9. The molecule has 5 atom stereocenters. The van der Waals surface area contributed by atoms with Gasteiger partial charge in [-0.1, -0.05) is 43.4 Å². The summed E-state index contributed by atoms with van der Waals surface area (Å²) in [5.41, 5.74) is 1.20. The fourth-order valence-corrected chi connectivity index (χ4v) is 5.53. The van der Waals surface area contributed by atoms with Crippen LogP contribution in [-0.2, 0) is 30.2 Å². The van der Waals surface area contributed by atoms with E-state index in [1.165, 1.54) is 7.11 Å². The Balaban J connectivity index is 1.44. The maximum absolute atomic E-state index is 13.8. The van der Waals surface area contributed by atoms with Crippen molar-refractivity contribution in [1.82, 2.24) is 15.3 Å². The summed E-state index contributed by atoms with van der Waals surface area (Å²) in [6.45, 7) is 8.78. The first-order chi connectivity index (χ1) is 23.6. The van der Waals surface area contributed by atoms with Crippen molar-refractivity contribution in [2.45, 2.75) is 70.9 Å². The zero-order chi connectivity index (χ0) is 34.8. The fourth-order valence-electron chi connectivity index (χ4n) is 5.53. The number of rotatable bonds is 11. The van der Waals surface area contributed by atoms with E-state index in [1.54, 1.807) is 54.9 Å². The molecule has 2 aromatic carbocycles. The van der Waals surface area contributed by atoms with Gasteiger partial charge in [-0.25, -0.2) is 14.6 Å². The van der Waals surface area contributed by atoms with Gasteiger partial charge in [-0.2, -0.15) is 0 Å². The topological polar surface area (TPSA) is 139 Å². The van der Waals surface area contributed by atoms with E-state index in [1.807, 2.05) is 52.0 Å². The summed E-state index contributed by atoms with van der Waals surface area (Å²) in [5, 5.41) is 3.27. The molecule has 0 radical (unpaired) electrons. The molecule has 0 saturated carbocycles. The number of ether oxygens (including phenoxy) is 7. The molecule has 2 aliphatic heterocycles. The molecule has 49 heavy (non-hydrogen) atoms. The molecule has 5 rings (SSSR count). The summed E-state index contributed by atoms with van der Waals surface area (Å²) in [4.78, 5) is 34.3. The Morgan fingerprint density at radius 2 is 1.92 bits per heavy atom. The van der Waals surface area contributed by atoms with E-state index < -0.39 is 42.1 Å². The number of esters is 2. The van der Waals surface area contributed by atoms with Gasteiger partial charge in [-0.3, -0.25) is 0 Å². The SMILES string of the molecule is COCOc1cc(OCCNCc2ncc[nH]2)cc2c1C(=O)O[C@@H](C)[C@H](C)/C=C\C(OC(=O)c1ccccc1)C1OC(C)(C)OC1CC=C2. The van der Waals surface area contributed by atoms with Crippen LogP contribution in [0.2, 0.25) is 0 Å². The van der Waals surface area contributed by atoms with Crippen molar-refractivity contribution < 1.29 is 42.7 Å². The lowest BCUT2D eigenvalue weighted by molar-refractivity contribution is -0.152. The van der Waals surface area contributed by atoms with E-state index >= 15 is 0 Å². The predicted molar refractivity (Wildman–Crippen MR) is 181 cm³/mol. The highest BCUT2D eigenvalue weighted by Crippen LogP contribution is 2.36. The molecule has 2 aliphatic rings. The number of aromatic nitrogens is 2. The van der Waals surface area contributed by atoms with Gasteiger partial charge in [0.25, 0.3) is 0 Å². The minimum Gasteiger partial charge on any atom is -0.492 e. The highest BCUT2D eigenvalue weighted by Gasteiger charge is 2.45. The van der Waals surface area contributed by atoms with Crippen molar-refractivity contribution >= 4 is 18.0 Å². The largest absolute Gasteiger partial charge is 0.492 e. The molecule has 0 aliphatic carbocycles. The van der Waals surface area contributed by atoms with Gasteiger partial charge in [0, 0.05) is 38.0 Å². The summed E-state index contributed by atoms with van der Waals surface area (Å²) in [6.07, 6.45) is 8.82. The first-order valence-electron chi connectivity index (χ1n) is 16.4. The summed E-state index contributed by atoms with van der Waals surface area (Å²) >= 11 is 0. The molecule has 262 valence electrons. The van der Waals surface area contributed by atoms with Crippen LogP contribution in [-0.4, -0.2) is 79.2 Å². The number of benzene rings is 2. The molecule has 3 unspecified atom stereocenters. The number of carbonyl (C=O) groups excluding carboxylic acids is 2. The van der Waals surface area contributed by atoms with Crippen LogP contribution in [0.5, 0.6) is 11.5 Å². The molecule has 0 amide bonds. The third kappa shape index (κ3) is 9.79. The van der Waals surface area contributed by atoms with Gasteiger partial charge < -0.3 is 43.5 Å². The van der Waals surface area contributed by atoms with Gasteiger partial charge in [0.2, 0.25) is 0 Å².